The van der Waals surface area contributed by atoms with E-state index in [4.69, 9.17) is 9.47 Å². The van der Waals surface area contributed by atoms with Crippen molar-refractivity contribution in [2.45, 2.75) is 31.1 Å². The second-order valence-electron chi connectivity index (χ2n) is 4.80. The Morgan fingerprint density at radius 2 is 1.89 bits per heavy atom. The molecule has 0 spiro atoms. The van der Waals surface area contributed by atoms with Crippen LogP contribution in [-0.4, -0.2) is 20.0 Å². The Morgan fingerprint density at radius 1 is 1.21 bits per heavy atom. The molecular weight excluding hydrogens is 242 g/mol. The lowest BCUT2D eigenvalue weighted by Gasteiger charge is -2.31. The first-order valence-electron chi connectivity index (χ1n) is 6.30. The quantitative estimate of drug-likeness (QED) is 0.837. The molecule has 1 aliphatic carbocycles. The van der Waals surface area contributed by atoms with E-state index in [2.05, 4.69) is 6.07 Å². The molecule has 0 saturated heterocycles. The maximum Gasteiger partial charge on any atom is 0.133 e. The molecule has 19 heavy (non-hydrogen) atoms. The lowest BCUT2D eigenvalue weighted by molar-refractivity contribution is -0.120. The maximum atomic E-state index is 11.4. The fourth-order valence-electron chi connectivity index (χ4n) is 2.59. The number of ether oxygens (including phenoxy) is 2. The van der Waals surface area contributed by atoms with Crippen LogP contribution in [0.4, 0.5) is 0 Å². The smallest absolute Gasteiger partial charge is 0.133 e. The normalized spacial score (nSPS) is 17.6. The molecule has 1 saturated carbocycles. The van der Waals surface area contributed by atoms with Gasteiger partial charge in [0.2, 0.25) is 0 Å². The van der Waals surface area contributed by atoms with Crippen molar-refractivity contribution in [1.82, 2.24) is 0 Å². The van der Waals surface area contributed by atoms with Crippen molar-refractivity contribution in [3.05, 3.63) is 23.8 Å². The summed E-state index contributed by atoms with van der Waals surface area (Å²) in [6, 6.07) is 7.85. The van der Waals surface area contributed by atoms with Crippen molar-refractivity contribution in [3.8, 4) is 17.6 Å². The van der Waals surface area contributed by atoms with E-state index in [1.165, 1.54) is 0 Å². The van der Waals surface area contributed by atoms with Gasteiger partial charge in [-0.05, 0) is 31.0 Å². The molecule has 0 unspecified atom stereocenters. The number of rotatable bonds is 3. The van der Waals surface area contributed by atoms with Crippen LogP contribution < -0.4 is 9.47 Å². The first-order chi connectivity index (χ1) is 9.15. The van der Waals surface area contributed by atoms with E-state index in [1.807, 2.05) is 12.1 Å². The molecule has 0 aliphatic heterocycles. The van der Waals surface area contributed by atoms with Gasteiger partial charge >= 0.3 is 0 Å². The van der Waals surface area contributed by atoms with Crippen LogP contribution in [0.2, 0.25) is 0 Å². The highest BCUT2D eigenvalue weighted by molar-refractivity contribution is 5.80. The van der Waals surface area contributed by atoms with Crippen LogP contribution in [0.3, 0.4) is 0 Å². The third-order valence-electron chi connectivity index (χ3n) is 3.80. The first-order valence-corrected chi connectivity index (χ1v) is 6.30. The minimum atomic E-state index is -0.645. The van der Waals surface area contributed by atoms with Gasteiger partial charge in [-0.2, -0.15) is 5.26 Å². The summed E-state index contributed by atoms with van der Waals surface area (Å²) in [6.07, 6.45) is 2.00. The van der Waals surface area contributed by atoms with Gasteiger partial charge in [-0.3, -0.25) is 4.79 Å². The molecule has 0 heterocycles. The number of nitriles is 1. The standard InChI is InChI=1S/C15H17NO3/c1-18-12-3-4-14(19-2)13(9-12)15(10-16)7-5-11(17)6-8-15/h3-4,9H,5-8H2,1-2H3. The second-order valence-corrected chi connectivity index (χ2v) is 4.80. The number of hydrogen-bond acceptors (Lipinski definition) is 4. The molecule has 4 heteroatoms. The average molecular weight is 259 g/mol. The van der Waals surface area contributed by atoms with Crippen LogP contribution >= 0.6 is 0 Å². The van der Waals surface area contributed by atoms with Crippen LogP contribution in [0.5, 0.6) is 11.5 Å². The molecule has 4 nitrogen and oxygen atoms in total. The summed E-state index contributed by atoms with van der Waals surface area (Å²) in [5, 5.41) is 9.61. The molecule has 0 amide bonds. The van der Waals surface area contributed by atoms with Crippen LogP contribution in [0.25, 0.3) is 0 Å². The number of hydrogen-bond donors (Lipinski definition) is 0. The summed E-state index contributed by atoms with van der Waals surface area (Å²) in [5.41, 5.74) is 0.178. The zero-order valence-corrected chi connectivity index (χ0v) is 11.2. The van der Waals surface area contributed by atoms with Gasteiger partial charge in [0.15, 0.2) is 0 Å². The van der Waals surface area contributed by atoms with Crippen LogP contribution in [0, 0.1) is 11.3 Å². The summed E-state index contributed by atoms with van der Waals surface area (Å²) < 4.78 is 10.6. The second kappa shape index (κ2) is 5.31. The van der Waals surface area contributed by atoms with E-state index in [0.29, 0.717) is 37.2 Å². The SMILES string of the molecule is COc1ccc(OC)c(C2(C#N)CCC(=O)CC2)c1. The van der Waals surface area contributed by atoms with E-state index in [1.54, 1.807) is 20.3 Å². The minimum Gasteiger partial charge on any atom is -0.497 e. The van der Waals surface area contributed by atoms with Crippen molar-refractivity contribution in [1.29, 1.82) is 5.26 Å². The summed E-state index contributed by atoms with van der Waals surface area (Å²) >= 11 is 0. The van der Waals surface area contributed by atoms with Crippen LogP contribution in [0.15, 0.2) is 18.2 Å². The maximum absolute atomic E-state index is 11.4. The molecule has 1 fully saturated rings. The number of carbonyl (C=O) groups excluding carboxylic acids is 1. The van der Waals surface area contributed by atoms with Crippen molar-refractivity contribution < 1.29 is 14.3 Å². The predicted octanol–water partition coefficient (Wildman–Crippen LogP) is 2.61. The lowest BCUT2D eigenvalue weighted by atomic mass is 9.70. The fraction of sp³-hybridized carbons (Fsp3) is 0.467. The number of benzene rings is 1. The molecule has 1 aromatic rings. The third kappa shape index (κ3) is 2.41. The van der Waals surface area contributed by atoms with Gasteiger partial charge in [-0.1, -0.05) is 0 Å². The van der Waals surface area contributed by atoms with Crippen LogP contribution in [0.1, 0.15) is 31.2 Å². The average Bonchev–Trinajstić information content (AvgIpc) is 2.48. The number of carbonyl (C=O) groups is 1. The predicted molar refractivity (Wildman–Crippen MR) is 70.3 cm³/mol. The van der Waals surface area contributed by atoms with E-state index >= 15 is 0 Å². The summed E-state index contributed by atoms with van der Waals surface area (Å²) in [7, 11) is 3.18. The van der Waals surface area contributed by atoms with Crippen molar-refractivity contribution >= 4 is 5.78 Å². The molecule has 1 aliphatic rings. The highest BCUT2D eigenvalue weighted by Gasteiger charge is 2.39. The molecule has 0 atom stereocenters. The van der Waals surface area contributed by atoms with Crippen molar-refractivity contribution in [2.24, 2.45) is 0 Å². The van der Waals surface area contributed by atoms with E-state index < -0.39 is 5.41 Å². The molecule has 2 rings (SSSR count). The van der Waals surface area contributed by atoms with E-state index in [-0.39, 0.29) is 5.78 Å². The Hall–Kier alpha value is -2.02. The monoisotopic (exact) mass is 259 g/mol. The minimum absolute atomic E-state index is 0.229. The summed E-state index contributed by atoms with van der Waals surface area (Å²) in [6.45, 7) is 0. The zero-order valence-electron chi connectivity index (χ0n) is 11.2. The van der Waals surface area contributed by atoms with Crippen molar-refractivity contribution in [3.63, 3.8) is 0 Å². The van der Waals surface area contributed by atoms with Crippen LogP contribution in [-0.2, 0) is 10.2 Å². The van der Waals surface area contributed by atoms with Gasteiger partial charge in [-0.15, -0.1) is 0 Å². The largest absolute Gasteiger partial charge is 0.497 e. The molecule has 0 aromatic heterocycles. The van der Waals surface area contributed by atoms with E-state index in [9.17, 15) is 10.1 Å². The molecule has 0 N–H and O–H groups in total. The van der Waals surface area contributed by atoms with Gasteiger partial charge in [0, 0.05) is 18.4 Å². The number of Topliss-reactive ketones (excluding diaryl/α,β-unsaturated/α-hetero) is 1. The zero-order chi connectivity index (χ0) is 13.9. The Balaban J connectivity index is 2.48. The molecule has 0 bridgehead atoms. The lowest BCUT2D eigenvalue weighted by Crippen LogP contribution is -2.30. The fourth-order valence-corrected chi connectivity index (χ4v) is 2.59. The van der Waals surface area contributed by atoms with Gasteiger partial charge in [0.1, 0.15) is 17.3 Å². The number of nitrogens with zero attached hydrogens (tertiary/aromatic N) is 1. The highest BCUT2D eigenvalue weighted by atomic mass is 16.5. The molecular formula is C15H17NO3. The van der Waals surface area contributed by atoms with E-state index in [0.717, 1.165) is 5.56 Å². The van der Waals surface area contributed by atoms with Crippen molar-refractivity contribution in [2.75, 3.05) is 14.2 Å². The molecule has 100 valence electrons. The van der Waals surface area contributed by atoms with Gasteiger partial charge in [-0.25, -0.2) is 0 Å². The van der Waals surface area contributed by atoms with Gasteiger partial charge < -0.3 is 9.47 Å². The highest BCUT2D eigenvalue weighted by Crippen LogP contribution is 2.43. The van der Waals surface area contributed by atoms with Gasteiger partial charge in [0.25, 0.3) is 0 Å². The Morgan fingerprint density at radius 3 is 2.42 bits per heavy atom. The first kappa shape index (κ1) is 13.4. The molecule has 0 radical (unpaired) electrons. The number of methoxy groups -OCH3 is 2. The third-order valence-corrected chi connectivity index (χ3v) is 3.80. The molecule has 1 aromatic carbocycles. The Bertz CT molecular complexity index is 521. The summed E-state index contributed by atoms with van der Waals surface area (Å²) in [5.74, 6) is 1.60. The Labute approximate surface area is 112 Å². The van der Waals surface area contributed by atoms with Gasteiger partial charge in [0.05, 0.1) is 25.7 Å². The summed E-state index contributed by atoms with van der Waals surface area (Å²) in [4.78, 5) is 11.4. The Kier molecular flexibility index (Phi) is 3.75. The topological polar surface area (TPSA) is 59.3 Å². The number of ketones is 1.